The van der Waals surface area contributed by atoms with E-state index in [0.29, 0.717) is 30.4 Å². The molecule has 1 unspecified atom stereocenters. The average molecular weight is 451 g/mol. The van der Waals surface area contributed by atoms with Crippen LogP contribution in [0.1, 0.15) is 20.8 Å². The Bertz CT molecular complexity index is 994. The summed E-state index contributed by atoms with van der Waals surface area (Å²) in [4.78, 5) is 24.2. The van der Waals surface area contributed by atoms with Gasteiger partial charge in [-0.1, -0.05) is 18.2 Å². The normalized spacial score (nSPS) is 12.0. The van der Waals surface area contributed by atoms with Crippen LogP contribution in [0.15, 0.2) is 53.4 Å². The number of sulfonamides is 1. The lowest BCUT2D eigenvalue weighted by molar-refractivity contribution is -0.148. The minimum Gasteiger partial charge on any atom is -0.490 e. The van der Waals surface area contributed by atoms with Crippen molar-refractivity contribution in [1.29, 1.82) is 0 Å². The fourth-order valence-electron chi connectivity index (χ4n) is 2.54. The summed E-state index contributed by atoms with van der Waals surface area (Å²) in [5.74, 6) is -0.439. The van der Waals surface area contributed by atoms with Crippen LogP contribution >= 0.6 is 0 Å². The maximum atomic E-state index is 12.3. The van der Waals surface area contributed by atoms with Gasteiger partial charge in [-0.05, 0) is 45.0 Å². The monoisotopic (exact) mass is 450 g/mol. The van der Waals surface area contributed by atoms with Crippen molar-refractivity contribution in [1.82, 2.24) is 4.72 Å². The smallest absolute Gasteiger partial charge is 0.324 e. The number of hydrogen-bond donors (Lipinski definition) is 2. The zero-order valence-electron chi connectivity index (χ0n) is 17.6. The molecule has 2 N–H and O–H groups in total. The van der Waals surface area contributed by atoms with Crippen molar-refractivity contribution in [3.05, 3.63) is 48.5 Å². The van der Waals surface area contributed by atoms with Gasteiger partial charge in [0.15, 0.2) is 18.1 Å². The largest absolute Gasteiger partial charge is 0.490 e. The summed E-state index contributed by atoms with van der Waals surface area (Å²) < 4.78 is 42.6. The highest BCUT2D eigenvalue weighted by atomic mass is 32.2. The number of carbonyl (C=O) groups is 2. The highest BCUT2D eigenvalue weighted by Crippen LogP contribution is 2.30. The molecular formula is C21H26N2O7S. The molecule has 2 aromatic carbocycles. The maximum absolute atomic E-state index is 12.3. The molecule has 0 radical (unpaired) electrons. The highest BCUT2D eigenvalue weighted by Gasteiger charge is 2.23. The van der Waals surface area contributed by atoms with Crippen molar-refractivity contribution in [3.63, 3.8) is 0 Å². The first kappa shape index (κ1) is 24.2. The molecule has 0 aliphatic carbocycles. The third kappa shape index (κ3) is 7.26. The Balaban J connectivity index is 1.90. The van der Waals surface area contributed by atoms with Crippen LogP contribution in [-0.4, -0.2) is 46.2 Å². The number of hydrogen-bond acceptors (Lipinski definition) is 7. The summed E-state index contributed by atoms with van der Waals surface area (Å²) in [5, 5.41) is 2.59. The van der Waals surface area contributed by atoms with E-state index in [1.54, 1.807) is 36.4 Å². The van der Waals surface area contributed by atoms with Gasteiger partial charge in [0.2, 0.25) is 10.0 Å². The van der Waals surface area contributed by atoms with E-state index in [4.69, 9.17) is 14.2 Å². The first-order valence-electron chi connectivity index (χ1n) is 9.70. The molecule has 0 saturated carbocycles. The lowest BCUT2D eigenvalue weighted by Crippen LogP contribution is -2.40. The van der Waals surface area contributed by atoms with Gasteiger partial charge < -0.3 is 19.5 Å². The predicted molar refractivity (Wildman–Crippen MR) is 115 cm³/mol. The van der Waals surface area contributed by atoms with Gasteiger partial charge in [-0.2, -0.15) is 4.72 Å². The Labute approximate surface area is 181 Å². The molecule has 0 aliphatic heterocycles. The lowest BCUT2D eigenvalue weighted by Gasteiger charge is -2.14. The van der Waals surface area contributed by atoms with E-state index in [-0.39, 0.29) is 4.90 Å². The fourth-order valence-corrected chi connectivity index (χ4v) is 3.75. The predicted octanol–water partition coefficient (Wildman–Crippen LogP) is 2.33. The minimum atomic E-state index is -3.89. The summed E-state index contributed by atoms with van der Waals surface area (Å²) in [7, 11) is -3.89. The van der Waals surface area contributed by atoms with Crippen LogP contribution in [0, 0.1) is 0 Å². The number of rotatable bonds is 11. The zero-order valence-corrected chi connectivity index (χ0v) is 18.4. The number of benzene rings is 2. The third-order valence-electron chi connectivity index (χ3n) is 3.91. The molecule has 10 heteroatoms. The quantitative estimate of drug-likeness (QED) is 0.504. The Morgan fingerprint density at radius 3 is 2.26 bits per heavy atom. The maximum Gasteiger partial charge on any atom is 0.324 e. The van der Waals surface area contributed by atoms with Gasteiger partial charge in [0.1, 0.15) is 6.04 Å². The molecule has 0 bridgehead atoms. The summed E-state index contributed by atoms with van der Waals surface area (Å²) >= 11 is 0. The van der Waals surface area contributed by atoms with Crippen molar-refractivity contribution in [2.24, 2.45) is 0 Å². The van der Waals surface area contributed by atoms with E-state index < -0.39 is 34.5 Å². The van der Waals surface area contributed by atoms with Crippen molar-refractivity contribution >= 4 is 27.6 Å². The van der Waals surface area contributed by atoms with Gasteiger partial charge in [-0.25, -0.2) is 8.42 Å². The standard InChI is InChI=1S/C21H26N2O7S/c1-4-28-18-12-11-16(13-19(18)29-5-2)22-20(24)14-30-21(25)15(3)23-31(26,27)17-9-7-6-8-10-17/h6-13,15,23H,4-5,14H2,1-3H3,(H,22,24). The molecule has 0 spiro atoms. The van der Waals surface area contributed by atoms with Gasteiger partial charge in [0, 0.05) is 11.8 Å². The molecule has 31 heavy (non-hydrogen) atoms. The highest BCUT2D eigenvalue weighted by molar-refractivity contribution is 7.89. The van der Waals surface area contributed by atoms with Crippen LogP contribution in [0.2, 0.25) is 0 Å². The van der Waals surface area contributed by atoms with Crippen molar-refractivity contribution in [3.8, 4) is 11.5 Å². The number of nitrogens with one attached hydrogen (secondary N) is 2. The van der Waals surface area contributed by atoms with Gasteiger partial charge >= 0.3 is 5.97 Å². The topological polar surface area (TPSA) is 120 Å². The first-order chi connectivity index (χ1) is 14.8. The van der Waals surface area contributed by atoms with E-state index in [1.807, 2.05) is 13.8 Å². The molecule has 0 aromatic heterocycles. The number of anilines is 1. The van der Waals surface area contributed by atoms with Crippen LogP contribution in [0.3, 0.4) is 0 Å². The van der Waals surface area contributed by atoms with Gasteiger partial charge in [-0.3, -0.25) is 9.59 Å². The van der Waals surface area contributed by atoms with E-state index in [1.165, 1.54) is 19.1 Å². The first-order valence-corrected chi connectivity index (χ1v) is 11.2. The van der Waals surface area contributed by atoms with Crippen molar-refractivity contribution in [2.75, 3.05) is 25.1 Å². The number of esters is 1. The molecular weight excluding hydrogens is 424 g/mol. The molecule has 2 rings (SSSR count). The SMILES string of the molecule is CCOc1ccc(NC(=O)COC(=O)C(C)NS(=O)(=O)c2ccccc2)cc1OCC. The van der Waals surface area contributed by atoms with Gasteiger partial charge in [0.25, 0.3) is 5.91 Å². The molecule has 0 aliphatic rings. The molecule has 1 atom stereocenters. The van der Waals surface area contributed by atoms with Crippen LogP contribution in [-0.2, 0) is 24.3 Å². The number of carbonyl (C=O) groups excluding carboxylic acids is 2. The van der Waals surface area contributed by atoms with E-state index in [9.17, 15) is 18.0 Å². The zero-order chi connectivity index (χ0) is 22.9. The minimum absolute atomic E-state index is 0.0213. The van der Waals surface area contributed by atoms with Crippen LogP contribution in [0.5, 0.6) is 11.5 Å². The second-order valence-corrected chi connectivity index (χ2v) is 8.05. The van der Waals surface area contributed by atoms with Crippen LogP contribution < -0.4 is 19.5 Å². The van der Waals surface area contributed by atoms with Crippen LogP contribution in [0.25, 0.3) is 0 Å². The lowest BCUT2D eigenvalue weighted by atomic mass is 10.2. The molecule has 0 heterocycles. The Hall–Kier alpha value is -3.11. The second-order valence-electron chi connectivity index (χ2n) is 6.34. The summed E-state index contributed by atoms with van der Waals surface area (Å²) in [5.41, 5.74) is 0.436. The summed E-state index contributed by atoms with van der Waals surface area (Å²) in [6.07, 6.45) is 0. The second kappa shape index (κ2) is 11.3. The van der Waals surface area contributed by atoms with Gasteiger partial charge in [0.05, 0.1) is 18.1 Å². The Kier molecular flexibility index (Phi) is 8.83. The Morgan fingerprint density at radius 2 is 1.61 bits per heavy atom. The van der Waals surface area contributed by atoms with E-state index >= 15 is 0 Å². The third-order valence-corrected chi connectivity index (χ3v) is 5.47. The van der Waals surface area contributed by atoms with Crippen molar-refractivity contribution < 1.29 is 32.2 Å². The summed E-state index contributed by atoms with van der Waals surface area (Å²) in [6, 6.07) is 11.3. The molecule has 9 nitrogen and oxygen atoms in total. The average Bonchev–Trinajstić information content (AvgIpc) is 2.74. The van der Waals surface area contributed by atoms with E-state index in [2.05, 4.69) is 10.0 Å². The number of ether oxygens (including phenoxy) is 3. The summed E-state index contributed by atoms with van der Waals surface area (Å²) in [6.45, 7) is 5.32. The molecule has 1 amide bonds. The fraction of sp³-hybridized carbons (Fsp3) is 0.333. The van der Waals surface area contributed by atoms with Gasteiger partial charge in [-0.15, -0.1) is 0 Å². The Morgan fingerprint density at radius 1 is 0.968 bits per heavy atom. The van der Waals surface area contributed by atoms with E-state index in [0.717, 1.165) is 0 Å². The molecule has 0 saturated heterocycles. The molecule has 0 fully saturated rings. The molecule has 168 valence electrons. The molecule has 2 aromatic rings. The van der Waals surface area contributed by atoms with Crippen LogP contribution in [0.4, 0.5) is 5.69 Å². The van der Waals surface area contributed by atoms with Crippen molar-refractivity contribution in [2.45, 2.75) is 31.7 Å². The number of amides is 1.